The van der Waals surface area contributed by atoms with Gasteiger partial charge >= 0.3 is 6.18 Å². The summed E-state index contributed by atoms with van der Waals surface area (Å²) in [7, 11) is 1.75. The van der Waals surface area contributed by atoms with E-state index in [2.05, 4.69) is 30.8 Å². The van der Waals surface area contributed by atoms with Crippen LogP contribution in [0, 0.1) is 0 Å². The first kappa shape index (κ1) is 24.9. The third-order valence-corrected chi connectivity index (χ3v) is 5.30. The minimum Gasteiger partial charge on any atom is -0.348 e. The van der Waals surface area contributed by atoms with Gasteiger partial charge in [-0.05, 0) is 38.5 Å². The largest absolute Gasteiger partial charge is 0.416 e. The number of alkyl halides is 3. The van der Waals surface area contributed by atoms with Gasteiger partial charge in [0.1, 0.15) is 0 Å². The number of carbonyl (C=O) groups excluding carboxylic acids is 1. The predicted molar refractivity (Wildman–Crippen MR) is 127 cm³/mol. The first-order chi connectivity index (χ1) is 16.9. The number of benzene rings is 1. The number of hydrogen-bond donors (Lipinski definition) is 2. The topological polar surface area (TPSA) is 103 Å². The van der Waals surface area contributed by atoms with Gasteiger partial charge < -0.3 is 10.6 Å². The monoisotopic (exact) mass is 498 g/mol. The normalized spacial score (nSPS) is 12.0. The van der Waals surface area contributed by atoms with Crippen LogP contribution in [-0.2, 0) is 25.3 Å². The van der Waals surface area contributed by atoms with E-state index in [0.29, 0.717) is 11.4 Å². The lowest BCUT2D eigenvalue weighted by Crippen LogP contribution is -2.25. The van der Waals surface area contributed by atoms with Gasteiger partial charge in [0.2, 0.25) is 5.95 Å². The van der Waals surface area contributed by atoms with Crippen LogP contribution in [0.2, 0.25) is 0 Å². The number of carbonyl (C=O) groups is 1. The predicted octanol–water partition coefficient (Wildman–Crippen LogP) is 4.52. The molecule has 0 saturated carbocycles. The maximum atomic E-state index is 13.9. The fourth-order valence-electron chi connectivity index (χ4n) is 3.43. The maximum Gasteiger partial charge on any atom is 0.416 e. The molecular weight excluding hydrogens is 473 g/mol. The number of anilines is 2. The van der Waals surface area contributed by atoms with Crippen molar-refractivity contribution in [2.75, 3.05) is 5.32 Å². The average molecular weight is 499 g/mol. The van der Waals surface area contributed by atoms with Crippen molar-refractivity contribution < 1.29 is 18.0 Å². The minimum absolute atomic E-state index is 0.0643. The zero-order chi connectivity index (χ0) is 26.1. The molecule has 0 aliphatic heterocycles. The molecule has 9 nitrogen and oxygen atoms in total. The molecule has 0 radical (unpaired) electrons. The second-order valence-corrected chi connectivity index (χ2v) is 9.19. The van der Waals surface area contributed by atoms with Gasteiger partial charge in [0.05, 0.1) is 40.4 Å². The molecule has 12 heteroatoms. The summed E-state index contributed by atoms with van der Waals surface area (Å²) in [5, 5.41) is 13.7. The summed E-state index contributed by atoms with van der Waals surface area (Å²) in [6, 6.07) is 5.42. The zero-order valence-corrected chi connectivity index (χ0v) is 20.1. The van der Waals surface area contributed by atoms with E-state index in [4.69, 9.17) is 0 Å². The molecule has 36 heavy (non-hydrogen) atoms. The molecule has 1 amide bonds. The van der Waals surface area contributed by atoms with Crippen molar-refractivity contribution in [3.63, 3.8) is 0 Å². The van der Waals surface area contributed by atoms with Crippen molar-refractivity contribution in [3.05, 3.63) is 71.9 Å². The molecule has 3 aromatic heterocycles. The summed E-state index contributed by atoms with van der Waals surface area (Å²) in [5.41, 5.74) is 0.241. The second kappa shape index (κ2) is 9.44. The molecule has 0 fully saturated rings. The van der Waals surface area contributed by atoms with Crippen molar-refractivity contribution in [2.24, 2.45) is 7.05 Å². The molecule has 0 atom stereocenters. The Morgan fingerprint density at radius 1 is 1.06 bits per heavy atom. The lowest BCUT2D eigenvalue weighted by Gasteiger charge is -2.18. The number of nitrogens with zero attached hydrogens (tertiary/aromatic N) is 6. The number of hydrogen-bond acceptors (Lipinski definition) is 6. The van der Waals surface area contributed by atoms with E-state index in [9.17, 15) is 18.0 Å². The van der Waals surface area contributed by atoms with Gasteiger partial charge in [0.25, 0.3) is 5.91 Å². The quantitative estimate of drug-likeness (QED) is 0.405. The molecular formula is C24H25F3N8O. The fourth-order valence-corrected chi connectivity index (χ4v) is 3.43. The lowest BCUT2D eigenvalue weighted by molar-refractivity contribution is -0.138. The van der Waals surface area contributed by atoms with E-state index in [1.54, 1.807) is 35.0 Å². The highest BCUT2D eigenvalue weighted by atomic mass is 19.4. The van der Waals surface area contributed by atoms with E-state index < -0.39 is 17.6 Å². The molecule has 4 aromatic rings. The van der Waals surface area contributed by atoms with Gasteiger partial charge in [-0.2, -0.15) is 23.4 Å². The number of rotatable bonds is 6. The number of aryl methyl sites for hydroxylation is 1. The molecule has 0 aliphatic carbocycles. The Hall–Kier alpha value is -4.22. The maximum absolute atomic E-state index is 13.9. The fraction of sp³-hybridized carbons (Fsp3) is 0.292. The summed E-state index contributed by atoms with van der Waals surface area (Å²) in [4.78, 5) is 21.0. The summed E-state index contributed by atoms with van der Waals surface area (Å²) in [6.45, 7) is 5.48. The van der Waals surface area contributed by atoms with E-state index in [0.717, 1.165) is 6.07 Å². The first-order valence-corrected chi connectivity index (χ1v) is 11.0. The van der Waals surface area contributed by atoms with Crippen LogP contribution in [0.4, 0.5) is 24.8 Å². The minimum atomic E-state index is -4.63. The van der Waals surface area contributed by atoms with Crippen LogP contribution in [0.3, 0.4) is 0 Å². The standard InChI is InChI=1S/C24H25F3N8O/c1-23(2,3)35-13-17(11-31-35)21(36)29-10-16-6-5-15(9-19(16)24(25,26)27)20-7-8-28-22(33-20)32-18-12-30-34(4)14-18/h5-9,11-14H,10H2,1-4H3,(H,29,36)(H,28,32,33). The third kappa shape index (κ3) is 5.70. The Bertz CT molecular complexity index is 1380. The van der Waals surface area contributed by atoms with Crippen LogP contribution in [0.5, 0.6) is 0 Å². The Morgan fingerprint density at radius 2 is 1.83 bits per heavy atom. The summed E-state index contributed by atoms with van der Waals surface area (Å²) >= 11 is 0. The van der Waals surface area contributed by atoms with Crippen molar-refractivity contribution in [1.29, 1.82) is 0 Å². The number of aromatic nitrogens is 6. The molecule has 1 aromatic carbocycles. The smallest absolute Gasteiger partial charge is 0.348 e. The van der Waals surface area contributed by atoms with E-state index in [1.165, 1.54) is 30.6 Å². The molecule has 3 heterocycles. The van der Waals surface area contributed by atoms with Crippen LogP contribution in [0.15, 0.2) is 55.2 Å². The van der Waals surface area contributed by atoms with Crippen molar-refractivity contribution in [3.8, 4) is 11.3 Å². The van der Waals surface area contributed by atoms with Crippen molar-refractivity contribution >= 4 is 17.5 Å². The lowest BCUT2D eigenvalue weighted by atomic mass is 10.0. The Kier molecular flexibility index (Phi) is 6.53. The molecule has 0 saturated heterocycles. The Balaban J connectivity index is 1.55. The molecule has 2 N–H and O–H groups in total. The van der Waals surface area contributed by atoms with E-state index in [-0.39, 0.29) is 34.7 Å². The molecule has 0 bridgehead atoms. The van der Waals surface area contributed by atoms with Crippen molar-refractivity contribution in [1.82, 2.24) is 34.8 Å². The number of halogens is 3. The summed E-state index contributed by atoms with van der Waals surface area (Å²) < 4.78 is 45.0. The number of nitrogens with one attached hydrogen (secondary N) is 2. The Morgan fingerprint density at radius 3 is 2.47 bits per heavy atom. The number of amides is 1. The Labute approximate surface area is 205 Å². The van der Waals surface area contributed by atoms with Crippen molar-refractivity contribution in [2.45, 2.75) is 39.0 Å². The molecule has 188 valence electrons. The van der Waals surface area contributed by atoms with E-state index in [1.807, 2.05) is 20.8 Å². The average Bonchev–Trinajstić information content (AvgIpc) is 3.46. The van der Waals surface area contributed by atoms with Crippen LogP contribution in [-0.4, -0.2) is 35.4 Å². The highest BCUT2D eigenvalue weighted by Gasteiger charge is 2.34. The summed E-state index contributed by atoms with van der Waals surface area (Å²) in [6.07, 6.45) is 3.08. The first-order valence-electron chi connectivity index (χ1n) is 11.0. The highest BCUT2D eigenvalue weighted by Crippen LogP contribution is 2.35. The SMILES string of the molecule is Cn1cc(Nc2nccc(-c3ccc(CNC(=O)c4cnn(C(C)(C)C)c4)c(C(F)(F)F)c3)n2)cn1. The molecule has 4 rings (SSSR count). The zero-order valence-electron chi connectivity index (χ0n) is 20.1. The van der Waals surface area contributed by atoms with Gasteiger partial charge in [-0.25, -0.2) is 9.97 Å². The van der Waals surface area contributed by atoms with Gasteiger partial charge in [-0.1, -0.05) is 12.1 Å². The van der Waals surface area contributed by atoms with Gasteiger partial charge in [0, 0.05) is 37.7 Å². The summed E-state index contributed by atoms with van der Waals surface area (Å²) in [5.74, 6) is -0.286. The molecule has 0 spiro atoms. The van der Waals surface area contributed by atoms with E-state index >= 15 is 0 Å². The van der Waals surface area contributed by atoms with Crippen LogP contribution >= 0.6 is 0 Å². The van der Waals surface area contributed by atoms with Crippen LogP contribution in [0.25, 0.3) is 11.3 Å². The van der Waals surface area contributed by atoms with Gasteiger partial charge in [0.15, 0.2) is 0 Å². The second-order valence-electron chi connectivity index (χ2n) is 9.19. The van der Waals surface area contributed by atoms with Crippen LogP contribution < -0.4 is 10.6 Å². The van der Waals surface area contributed by atoms with Gasteiger partial charge in [-0.3, -0.25) is 14.2 Å². The molecule has 0 unspecified atom stereocenters. The molecule has 0 aliphatic rings. The van der Waals surface area contributed by atoms with Crippen LogP contribution in [0.1, 0.15) is 42.3 Å². The van der Waals surface area contributed by atoms with Gasteiger partial charge in [-0.15, -0.1) is 0 Å². The third-order valence-electron chi connectivity index (χ3n) is 5.30. The highest BCUT2D eigenvalue weighted by molar-refractivity contribution is 5.93.